The fourth-order valence-electron chi connectivity index (χ4n) is 1.61. The van der Waals surface area contributed by atoms with Gasteiger partial charge < -0.3 is 5.11 Å². The summed E-state index contributed by atoms with van der Waals surface area (Å²) >= 11 is 6.04. The maximum atomic E-state index is 9.72. The standard InChI is InChI=1S/C12H12ClNO/c1-2-4-10-11(15)7-8-5-3-6-9(13)12(8)14-10/h3,5-7,15H,2,4H2,1H3. The molecule has 0 spiro atoms. The summed E-state index contributed by atoms with van der Waals surface area (Å²) in [5.41, 5.74) is 1.48. The number of rotatable bonds is 2. The zero-order valence-electron chi connectivity index (χ0n) is 8.50. The quantitative estimate of drug-likeness (QED) is 0.842. The summed E-state index contributed by atoms with van der Waals surface area (Å²) in [6.45, 7) is 2.05. The first kappa shape index (κ1) is 10.2. The Labute approximate surface area is 93.5 Å². The van der Waals surface area contributed by atoms with Crippen molar-refractivity contribution in [3.63, 3.8) is 0 Å². The number of benzene rings is 1. The molecule has 1 heterocycles. The van der Waals surface area contributed by atoms with Gasteiger partial charge in [0.2, 0.25) is 0 Å². The first-order valence-electron chi connectivity index (χ1n) is 4.99. The Hall–Kier alpha value is -1.28. The number of hydrogen-bond acceptors (Lipinski definition) is 2. The third-order valence-electron chi connectivity index (χ3n) is 2.34. The zero-order valence-corrected chi connectivity index (χ0v) is 9.25. The number of aryl methyl sites for hydroxylation is 1. The van der Waals surface area contributed by atoms with Gasteiger partial charge in [0.15, 0.2) is 0 Å². The van der Waals surface area contributed by atoms with Crippen molar-refractivity contribution in [1.82, 2.24) is 4.98 Å². The molecule has 0 unspecified atom stereocenters. The normalized spacial score (nSPS) is 10.8. The van der Waals surface area contributed by atoms with Crippen molar-refractivity contribution in [2.45, 2.75) is 19.8 Å². The second-order valence-electron chi connectivity index (χ2n) is 3.52. The Bertz CT molecular complexity index is 496. The van der Waals surface area contributed by atoms with Crippen molar-refractivity contribution >= 4 is 22.5 Å². The molecular formula is C12H12ClNO. The summed E-state index contributed by atoms with van der Waals surface area (Å²) in [6.07, 6.45) is 1.73. The third-order valence-corrected chi connectivity index (χ3v) is 2.64. The van der Waals surface area contributed by atoms with E-state index in [1.165, 1.54) is 0 Å². The van der Waals surface area contributed by atoms with Gasteiger partial charge in [0.05, 0.1) is 16.2 Å². The number of nitrogens with zero attached hydrogens (tertiary/aromatic N) is 1. The van der Waals surface area contributed by atoms with Crippen LogP contribution in [-0.2, 0) is 6.42 Å². The molecule has 0 aliphatic carbocycles. The lowest BCUT2D eigenvalue weighted by Gasteiger charge is -2.05. The lowest BCUT2D eigenvalue weighted by Crippen LogP contribution is -1.91. The number of halogens is 1. The molecule has 1 N–H and O–H groups in total. The average Bonchev–Trinajstić information content (AvgIpc) is 2.21. The van der Waals surface area contributed by atoms with Crippen molar-refractivity contribution in [2.75, 3.05) is 0 Å². The van der Waals surface area contributed by atoms with Crippen LogP contribution in [0.4, 0.5) is 0 Å². The van der Waals surface area contributed by atoms with Crippen LogP contribution in [-0.4, -0.2) is 10.1 Å². The van der Waals surface area contributed by atoms with Crippen LogP contribution < -0.4 is 0 Å². The van der Waals surface area contributed by atoms with Gasteiger partial charge in [-0.3, -0.25) is 0 Å². The molecule has 0 amide bonds. The molecule has 2 rings (SSSR count). The summed E-state index contributed by atoms with van der Waals surface area (Å²) in [6, 6.07) is 7.28. The summed E-state index contributed by atoms with van der Waals surface area (Å²) in [5.74, 6) is 0.256. The van der Waals surface area contributed by atoms with Gasteiger partial charge in [-0.15, -0.1) is 0 Å². The van der Waals surface area contributed by atoms with Crippen molar-refractivity contribution in [1.29, 1.82) is 0 Å². The highest BCUT2D eigenvalue weighted by molar-refractivity contribution is 6.35. The molecule has 78 valence electrons. The SMILES string of the molecule is CCCc1nc2c(Cl)cccc2cc1O. The molecule has 0 saturated heterocycles. The maximum absolute atomic E-state index is 9.72. The van der Waals surface area contributed by atoms with Gasteiger partial charge in [-0.05, 0) is 18.6 Å². The minimum atomic E-state index is 0.256. The smallest absolute Gasteiger partial charge is 0.137 e. The van der Waals surface area contributed by atoms with E-state index in [0.29, 0.717) is 5.02 Å². The van der Waals surface area contributed by atoms with Crippen LogP contribution in [0.25, 0.3) is 10.9 Å². The monoisotopic (exact) mass is 221 g/mol. The van der Waals surface area contributed by atoms with Crippen molar-refractivity contribution in [2.24, 2.45) is 0 Å². The molecule has 0 atom stereocenters. The van der Waals surface area contributed by atoms with E-state index in [9.17, 15) is 5.11 Å². The Morgan fingerprint density at radius 1 is 1.40 bits per heavy atom. The predicted octanol–water partition coefficient (Wildman–Crippen LogP) is 3.55. The number of aromatic hydroxyl groups is 1. The van der Waals surface area contributed by atoms with Gasteiger partial charge in [-0.1, -0.05) is 37.1 Å². The molecule has 15 heavy (non-hydrogen) atoms. The summed E-state index contributed by atoms with van der Waals surface area (Å²) in [7, 11) is 0. The number of fused-ring (bicyclic) bond motifs is 1. The van der Waals surface area contributed by atoms with Gasteiger partial charge in [0.25, 0.3) is 0 Å². The van der Waals surface area contributed by atoms with E-state index in [0.717, 1.165) is 29.4 Å². The van der Waals surface area contributed by atoms with Crippen LogP contribution in [0.5, 0.6) is 5.75 Å². The molecule has 0 aliphatic rings. The molecule has 0 fully saturated rings. The van der Waals surface area contributed by atoms with E-state index in [1.54, 1.807) is 6.07 Å². The molecule has 3 heteroatoms. The van der Waals surface area contributed by atoms with Crippen molar-refractivity contribution < 1.29 is 5.11 Å². The van der Waals surface area contributed by atoms with Crippen molar-refractivity contribution in [3.8, 4) is 5.75 Å². The number of para-hydroxylation sites is 1. The van der Waals surface area contributed by atoms with Gasteiger partial charge in [-0.25, -0.2) is 4.98 Å². The molecular weight excluding hydrogens is 210 g/mol. The van der Waals surface area contributed by atoms with Gasteiger partial charge in [0, 0.05) is 5.39 Å². The molecule has 0 bridgehead atoms. The highest BCUT2D eigenvalue weighted by Gasteiger charge is 2.06. The van der Waals surface area contributed by atoms with Crippen LogP contribution in [0.1, 0.15) is 19.0 Å². The van der Waals surface area contributed by atoms with Crippen LogP contribution in [0.3, 0.4) is 0 Å². The highest BCUT2D eigenvalue weighted by atomic mass is 35.5. The molecule has 0 saturated carbocycles. The number of pyridine rings is 1. The van der Waals surface area contributed by atoms with E-state index in [4.69, 9.17) is 11.6 Å². The lowest BCUT2D eigenvalue weighted by atomic mass is 10.1. The Kier molecular flexibility index (Phi) is 2.78. The largest absolute Gasteiger partial charge is 0.506 e. The second-order valence-corrected chi connectivity index (χ2v) is 3.92. The van der Waals surface area contributed by atoms with Crippen molar-refractivity contribution in [3.05, 3.63) is 35.0 Å². The van der Waals surface area contributed by atoms with Crippen LogP contribution in [0.2, 0.25) is 5.02 Å². The van der Waals surface area contributed by atoms with E-state index in [2.05, 4.69) is 11.9 Å². The van der Waals surface area contributed by atoms with E-state index >= 15 is 0 Å². The van der Waals surface area contributed by atoms with Gasteiger partial charge in [0.1, 0.15) is 5.75 Å². The average molecular weight is 222 g/mol. The molecule has 1 aromatic carbocycles. The summed E-state index contributed by atoms with van der Waals surface area (Å²) in [5, 5.41) is 11.2. The minimum Gasteiger partial charge on any atom is -0.506 e. The van der Waals surface area contributed by atoms with E-state index in [-0.39, 0.29) is 5.75 Å². The van der Waals surface area contributed by atoms with Gasteiger partial charge in [-0.2, -0.15) is 0 Å². The lowest BCUT2D eigenvalue weighted by molar-refractivity contribution is 0.465. The third kappa shape index (κ3) is 1.90. The summed E-state index contributed by atoms with van der Waals surface area (Å²) in [4.78, 5) is 4.38. The van der Waals surface area contributed by atoms with Crippen LogP contribution >= 0.6 is 11.6 Å². The second kappa shape index (κ2) is 4.07. The van der Waals surface area contributed by atoms with E-state index in [1.807, 2.05) is 18.2 Å². The van der Waals surface area contributed by atoms with Crippen LogP contribution in [0, 0.1) is 0 Å². The predicted molar refractivity (Wildman–Crippen MR) is 62.4 cm³/mol. The summed E-state index contributed by atoms with van der Waals surface area (Å²) < 4.78 is 0. The Balaban J connectivity index is 2.66. The topological polar surface area (TPSA) is 33.1 Å². The fourth-order valence-corrected chi connectivity index (χ4v) is 1.83. The molecule has 1 aromatic heterocycles. The minimum absolute atomic E-state index is 0.256. The maximum Gasteiger partial charge on any atom is 0.137 e. The number of hydrogen-bond donors (Lipinski definition) is 1. The van der Waals surface area contributed by atoms with Gasteiger partial charge >= 0.3 is 0 Å². The molecule has 0 aliphatic heterocycles. The highest BCUT2D eigenvalue weighted by Crippen LogP contribution is 2.27. The zero-order chi connectivity index (χ0) is 10.8. The Morgan fingerprint density at radius 2 is 2.20 bits per heavy atom. The first-order valence-corrected chi connectivity index (χ1v) is 5.37. The number of aromatic nitrogens is 1. The fraction of sp³-hybridized carbons (Fsp3) is 0.250. The molecule has 2 aromatic rings. The van der Waals surface area contributed by atoms with Crippen LogP contribution in [0.15, 0.2) is 24.3 Å². The Morgan fingerprint density at radius 3 is 2.93 bits per heavy atom. The molecule has 0 radical (unpaired) electrons. The molecule has 2 nitrogen and oxygen atoms in total. The van der Waals surface area contributed by atoms with E-state index < -0.39 is 0 Å². The first-order chi connectivity index (χ1) is 7.22.